The highest BCUT2D eigenvalue weighted by molar-refractivity contribution is 7.07. The van der Waals surface area contributed by atoms with Crippen LogP contribution >= 0.6 is 11.3 Å². The van der Waals surface area contributed by atoms with Gasteiger partial charge in [0, 0.05) is 11.6 Å². The predicted octanol–water partition coefficient (Wildman–Crippen LogP) is 3.17. The van der Waals surface area contributed by atoms with Gasteiger partial charge in [-0.3, -0.25) is 0 Å². The molecule has 2 aromatic rings. The molecule has 0 atom stereocenters. The third-order valence-electron chi connectivity index (χ3n) is 2.02. The molecule has 2 heterocycles. The maximum atomic E-state index is 12.4. The SMILES string of the molecule is FC(F)(F)c1ccnc(NCc2cscn2)c1. The molecule has 0 saturated heterocycles. The summed E-state index contributed by atoms with van der Waals surface area (Å²) in [7, 11) is 0. The Morgan fingerprint density at radius 1 is 1.29 bits per heavy atom. The van der Waals surface area contributed by atoms with Gasteiger partial charge >= 0.3 is 6.18 Å². The average Bonchev–Trinajstić information content (AvgIpc) is 2.78. The Balaban J connectivity index is 2.07. The molecule has 0 amide bonds. The van der Waals surface area contributed by atoms with E-state index < -0.39 is 11.7 Å². The Morgan fingerprint density at radius 3 is 2.76 bits per heavy atom. The van der Waals surface area contributed by atoms with E-state index in [0.29, 0.717) is 6.54 Å². The standard InChI is InChI=1S/C10H8F3N3S/c11-10(12,13)7-1-2-14-9(3-7)15-4-8-5-17-6-16-8/h1-3,5-6H,4H2,(H,14,15). The molecule has 1 N–H and O–H groups in total. The van der Waals surface area contributed by atoms with Crippen LogP contribution in [0.4, 0.5) is 19.0 Å². The summed E-state index contributed by atoms with van der Waals surface area (Å²) < 4.78 is 37.2. The summed E-state index contributed by atoms with van der Waals surface area (Å²) in [6, 6.07) is 1.92. The summed E-state index contributed by atoms with van der Waals surface area (Å²) in [6.07, 6.45) is -3.22. The molecule has 0 aliphatic heterocycles. The molecule has 2 aromatic heterocycles. The minimum atomic E-state index is -4.35. The maximum absolute atomic E-state index is 12.4. The molecular weight excluding hydrogens is 251 g/mol. The van der Waals surface area contributed by atoms with Crippen LogP contribution in [0.5, 0.6) is 0 Å². The van der Waals surface area contributed by atoms with Crippen LogP contribution in [-0.2, 0) is 12.7 Å². The van der Waals surface area contributed by atoms with E-state index in [1.165, 1.54) is 11.3 Å². The highest BCUT2D eigenvalue weighted by atomic mass is 32.1. The molecule has 0 bridgehead atoms. The van der Waals surface area contributed by atoms with Crippen LogP contribution < -0.4 is 5.32 Å². The van der Waals surface area contributed by atoms with Crippen molar-refractivity contribution in [2.45, 2.75) is 12.7 Å². The Labute approximate surface area is 99.3 Å². The van der Waals surface area contributed by atoms with E-state index in [0.717, 1.165) is 24.0 Å². The van der Waals surface area contributed by atoms with Crippen molar-refractivity contribution >= 4 is 17.2 Å². The third kappa shape index (κ3) is 3.16. The number of alkyl halides is 3. The molecule has 0 radical (unpaired) electrons. The van der Waals surface area contributed by atoms with Gasteiger partial charge in [-0.25, -0.2) is 9.97 Å². The Morgan fingerprint density at radius 2 is 2.12 bits per heavy atom. The zero-order valence-electron chi connectivity index (χ0n) is 8.53. The van der Waals surface area contributed by atoms with Crippen molar-refractivity contribution in [2.24, 2.45) is 0 Å². The number of aromatic nitrogens is 2. The molecule has 3 nitrogen and oxygen atoms in total. The van der Waals surface area contributed by atoms with E-state index in [4.69, 9.17) is 0 Å². The van der Waals surface area contributed by atoms with Crippen LogP contribution in [0.1, 0.15) is 11.3 Å². The maximum Gasteiger partial charge on any atom is 0.416 e. The molecule has 0 aromatic carbocycles. The van der Waals surface area contributed by atoms with Gasteiger partial charge in [0.25, 0.3) is 0 Å². The van der Waals surface area contributed by atoms with Gasteiger partial charge in [-0.2, -0.15) is 13.2 Å². The second-order valence-corrected chi connectivity index (χ2v) is 3.98. The van der Waals surface area contributed by atoms with E-state index in [9.17, 15) is 13.2 Å². The number of nitrogens with one attached hydrogen (secondary N) is 1. The number of rotatable bonds is 3. The van der Waals surface area contributed by atoms with Crippen LogP contribution in [0.3, 0.4) is 0 Å². The summed E-state index contributed by atoms with van der Waals surface area (Å²) in [5, 5.41) is 4.61. The number of hydrogen-bond donors (Lipinski definition) is 1. The van der Waals surface area contributed by atoms with Gasteiger partial charge in [0.15, 0.2) is 0 Å². The van der Waals surface area contributed by atoms with Crippen LogP contribution in [-0.4, -0.2) is 9.97 Å². The summed E-state index contributed by atoms with van der Waals surface area (Å²) >= 11 is 1.43. The van der Waals surface area contributed by atoms with Crippen molar-refractivity contribution in [1.82, 2.24) is 9.97 Å². The van der Waals surface area contributed by atoms with Gasteiger partial charge in [-0.1, -0.05) is 0 Å². The number of halogens is 3. The van der Waals surface area contributed by atoms with Gasteiger partial charge < -0.3 is 5.32 Å². The Bertz CT molecular complexity index is 482. The number of thiazole rings is 1. The number of pyridine rings is 1. The first-order valence-corrected chi connectivity index (χ1v) is 5.64. The minimum Gasteiger partial charge on any atom is -0.364 e. The van der Waals surface area contributed by atoms with Crippen molar-refractivity contribution in [2.75, 3.05) is 5.32 Å². The lowest BCUT2D eigenvalue weighted by Crippen LogP contribution is -2.07. The lowest BCUT2D eigenvalue weighted by atomic mass is 10.2. The molecular formula is C10H8F3N3S. The minimum absolute atomic E-state index is 0.188. The molecule has 0 fully saturated rings. The van der Waals surface area contributed by atoms with Crippen molar-refractivity contribution in [3.05, 3.63) is 40.5 Å². The molecule has 7 heteroatoms. The predicted molar refractivity (Wildman–Crippen MR) is 58.7 cm³/mol. The fourth-order valence-electron chi connectivity index (χ4n) is 1.21. The fourth-order valence-corrected chi connectivity index (χ4v) is 1.77. The molecule has 90 valence electrons. The fraction of sp³-hybridized carbons (Fsp3) is 0.200. The third-order valence-corrected chi connectivity index (χ3v) is 2.66. The second-order valence-electron chi connectivity index (χ2n) is 3.26. The van der Waals surface area contributed by atoms with E-state index >= 15 is 0 Å². The number of hydrogen-bond acceptors (Lipinski definition) is 4. The molecule has 2 rings (SSSR count). The molecule has 0 aliphatic rings. The van der Waals surface area contributed by atoms with Crippen molar-refractivity contribution in [3.8, 4) is 0 Å². The first-order valence-electron chi connectivity index (χ1n) is 4.70. The van der Waals surface area contributed by atoms with E-state index in [2.05, 4.69) is 15.3 Å². The summed E-state index contributed by atoms with van der Waals surface area (Å²) in [4.78, 5) is 7.83. The van der Waals surface area contributed by atoms with Crippen LogP contribution in [0.25, 0.3) is 0 Å². The van der Waals surface area contributed by atoms with E-state index in [1.54, 1.807) is 5.51 Å². The van der Waals surface area contributed by atoms with E-state index in [-0.39, 0.29) is 5.82 Å². The normalized spacial score (nSPS) is 11.5. The Kier molecular flexibility index (Phi) is 3.28. The van der Waals surface area contributed by atoms with Crippen LogP contribution in [0.15, 0.2) is 29.2 Å². The lowest BCUT2D eigenvalue weighted by molar-refractivity contribution is -0.137. The molecule has 17 heavy (non-hydrogen) atoms. The van der Waals surface area contributed by atoms with Crippen molar-refractivity contribution in [3.63, 3.8) is 0 Å². The van der Waals surface area contributed by atoms with Gasteiger partial charge in [0.05, 0.1) is 23.3 Å². The zero-order valence-corrected chi connectivity index (χ0v) is 9.35. The monoisotopic (exact) mass is 259 g/mol. The molecule has 0 aliphatic carbocycles. The number of nitrogens with zero attached hydrogens (tertiary/aromatic N) is 2. The van der Waals surface area contributed by atoms with Gasteiger partial charge in [0.2, 0.25) is 0 Å². The van der Waals surface area contributed by atoms with Crippen LogP contribution in [0, 0.1) is 0 Å². The van der Waals surface area contributed by atoms with Gasteiger partial charge in [-0.05, 0) is 12.1 Å². The van der Waals surface area contributed by atoms with E-state index in [1.807, 2.05) is 5.38 Å². The van der Waals surface area contributed by atoms with Crippen LogP contribution in [0.2, 0.25) is 0 Å². The first kappa shape index (κ1) is 11.8. The van der Waals surface area contributed by atoms with Crippen molar-refractivity contribution < 1.29 is 13.2 Å². The summed E-state index contributed by atoms with van der Waals surface area (Å²) in [5.74, 6) is 0.188. The lowest BCUT2D eigenvalue weighted by Gasteiger charge is -2.08. The highest BCUT2D eigenvalue weighted by Gasteiger charge is 2.30. The summed E-state index contributed by atoms with van der Waals surface area (Å²) in [6.45, 7) is 0.359. The quantitative estimate of drug-likeness (QED) is 0.920. The zero-order chi connectivity index (χ0) is 12.3. The smallest absolute Gasteiger partial charge is 0.364 e. The van der Waals surface area contributed by atoms with Gasteiger partial charge in [0.1, 0.15) is 5.82 Å². The summed E-state index contributed by atoms with van der Waals surface area (Å²) in [5.41, 5.74) is 1.72. The topological polar surface area (TPSA) is 37.8 Å². The molecule has 0 unspecified atom stereocenters. The number of anilines is 1. The van der Waals surface area contributed by atoms with Crippen molar-refractivity contribution in [1.29, 1.82) is 0 Å². The molecule has 0 spiro atoms. The Hall–Kier alpha value is -1.63. The average molecular weight is 259 g/mol. The second kappa shape index (κ2) is 4.70. The largest absolute Gasteiger partial charge is 0.416 e. The first-order chi connectivity index (χ1) is 8.05. The highest BCUT2D eigenvalue weighted by Crippen LogP contribution is 2.29. The molecule has 0 saturated carbocycles. The van der Waals surface area contributed by atoms with Gasteiger partial charge in [-0.15, -0.1) is 11.3 Å².